The van der Waals surface area contributed by atoms with Crippen LogP contribution in [-0.2, 0) is 0 Å². The Morgan fingerprint density at radius 1 is 1.33 bits per heavy atom. The summed E-state index contributed by atoms with van der Waals surface area (Å²) < 4.78 is 27.5. The molecule has 96 valence electrons. The van der Waals surface area contributed by atoms with Gasteiger partial charge in [-0.15, -0.1) is 0 Å². The highest BCUT2D eigenvalue weighted by Gasteiger charge is 2.39. The van der Waals surface area contributed by atoms with Crippen LogP contribution in [0.3, 0.4) is 0 Å². The first kappa shape index (κ1) is 12.5. The van der Waals surface area contributed by atoms with Gasteiger partial charge in [0.1, 0.15) is 23.5 Å². The van der Waals surface area contributed by atoms with E-state index in [9.17, 15) is 13.6 Å². The van der Waals surface area contributed by atoms with E-state index in [0.29, 0.717) is 0 Å². The quantitative estimate of drug-likeness (QED) is 0.878. The molecule has 0 aliphatic carbocycles. The molecular formula is C12H13F2N3O. The minimum Gasteiger partial charge on any atom is -0.385 e. The lowest BCUT2D eigenvalue weighted by Gasteiger charge is -2.28. The van der Waals surface area contributed by atoms with Crippen LogP contribution in [0.5, 0.6) is 0 Å². The van der Waals surface area contributed by atoms with Crippen LogP contribution in [0.1, 0.15) is 25.5 Å². The lowest BCUT2D eigenvalue weighted by molar-refractivity contribution is 0.188. The van der Waals surface area contributed by atoms with Gasteiger partial charge >= 0.3 is 6.03 Å². The molecule has 0 radical (unpaired) electrons. The van der Waals surface area contributed by atoms with Crippen molar-refractivity contribution in [2.75, 3.05) is 0 Å². The van der Waals surface area contributed by atoms with Gasteiger partial charge in [-0.05, 0) is 26.0 Å². The molecule has 0 spiro atoms. The first-order chi connectivity index (χ1) is 8.43. The lowest BCUT2D eigenvalue weighted by atomic mass is 10.0. The number of benzene rings is 1. The van der Waals surface area contributed by atoms with Gasteiger partial charge in [-0.1, -0.05) is 6.07 Å². The molecule has 1 unspecified atom stereocenters. The monoisotopic (exact) mass is 253 g/mol. The number of nitrogens with two attached hydrogens (primary N) is 1. The highest BCUT2D eigenvalue weighted by molar-refractivity contribution is 6.03. The SMILES string of the molecule is CC(C)N1C(=O)N=C(N)C1c1c(F)cccc1F. The van der Waals surface area contributed by atoms with Crippen LogP contribution in [0.25, 0.3) is 0 Å². The minimum absolute atomic E-state index is 0.0855. The number of nitrogens with zero attached hydrogens (tertiary/aromatic N) is 2. The van der Waals surface area contributed by atoms with Crippen molar-refractivity contribution >= 4 is 11.9 Å². The Morgan fingerprint density at radius 2 is 1.89 bits per heavy atom. The van der Waals surface area contributed by atoms with Crippen LogP contribution in [0.15, 0.2) is 23.2 Å². The third-order valence-corrected chi connectivity index (χ3v) is 2.83. The molecule has 0 fully saturated rings. The van der Waals surface area contributed by atoms with Gasteiger partial charge in [-0.25, -0.2) is 13.6 Å². The van der Waals surface area contributed by atoms with Crippen molar-refractivity contribution < 1.29 is 13.6 Å². The molecule has 2 amide bonds. The highest BCUT2D eigenvalue weighted by Crippen LogP contribution is 2.32. The van der Waals surface area contributed by atoms with Crippen LogP contribution >= 0.6 is 0 Å². The van der Waals surface area contributed by atoms with Crippen molar-refractivity contribution in [3.8, 4) is 0 Å². The Morgan fingerprint density at radius 3 is 2.39 bits per heavy atom. The predicted octanol–water partition coefficient (Wildman–Crippen LogP) is 2.21. The second kappa shape index (κ2) is 4.36. The average Bonchev–Trinajstić information content (AvgIpc) is 2.54. The summed E-state index contributed by atoms with van der Waals surface area (Å²) in [4.78, 5) is 16.5. The number of halogens is 2. The van der Waals surface area contributed by atoms with Crippen LogP contribution < -0.4 is 5.73 Å². The zero-order valence-electron chi connectivity index (χ0n) is 10.0. The zero-order valence-corrected chi connectivity index (χ0v) is 10.0. The molecular weight excluding hydrogens is 240 g/mol. The summed E-state index contributed by atoms with van der Waals surface area (Å²) in [6, 6.07) is 1.72. The highest BCUT2D eigenvalue weighted by atomic mass is 19.1. The van der Waals surface area contributed by atoms with Crippen molar-refractivity contribution in [3.63, 3.8) is 0 Å². The Kier molecular flexibility index (Phi) is 3.02. The van der Waals surface area contributed by atoms with E-state index in [1.807, 2.05) is 0 Å². The molecule has 0 aromatic heterocycles. The number of carbonyl (C=O) groups excluding carboxylic acids is 1. The molecule has 0 bridgehead atoms. The predicted molar refractivity (Wildman–Crippen MR) is 63.1 cm³/mol. The molecule has 1 atom stereocenters. The van der Waals surface area contributed by atoms with Gasteiger partial charge in [0.25, 0.3) is 0 Å². The summed E-state index contributed by atoms with van der Waals surface area (Å²) in [6.07, 6.45) is 0. The number of hydrogen-bond donors (Lipinski definition) is 1. The summed E-state index contributed by atoms with van der Waals surface area (Å²) >= 11 is 0. The molecule has 18 heavy (non-hydrogen) atoms. The van der Waals surface area contributed by atoms with E-state index < -0.39 is 23.7 Å². The molecule has 0 saturated heterocycles. The molecule has 1 aliphatic rings. The van der Waals surface area contributed by atoms with Crippen molar-refractivity contribution in [2.45, 2.75) is 25.9 Å². The van der Waals surface area contributed by atoms with Crippen molar-refractivity contribution in [1.82, 2.24) is 4.90 Å². The van der Waals surface area contributed by atoms with E-state index in [4.69, 9.17) is 5.73 Å². The maximum atomic E-state index is 13.8. The van der Waals surface area contributed by atoms with Gasteiger partial charge in [0.15, 0.2) is 0 Å². The first-order valence-electron chi connectivity index (χ1n) is 5.53. The van der Waals surface area contributed by atoms with Crippen molar-refractivity contribution in [2.24, 2.45) is 10.7 Å². The fourth-order valence-electron chi connectivity index (χ4n) is 2.06. The van der Waals surface area contributed by atoms with Crippen LogP contribution in [-0.4, -0.2) is 22.8 Å². The van der Waals surface area contributed by atoms with Gasteiger partial charge < -0.3 is 10.6 Å². The van der Waals surface area contributed by atoms with Gasteiger partial charge in [0, 0.05) is 6.04 Å². The smallest absolute Gasteiger partial charge is 0.346 e. The second-order valence-corrected chi connectivity index (χ2v) is 4.36. The van der Waals surface area contributed by atoms with E-state index >= 15 is 0 Å². The van der Waals surface area contributed by atoms with Gasteiger partial charge in [-0.2, -0.15) is 4.99 Å². The maximum Gasteiger partial charge on any atom is 0.346 e. The number of rotatable bonds is 2. The molecule has 6 heteroatoms. The molecule has 1 aromatic rings. The fourth-order valence-corrected chi connectivity index (χ4v) is 2.06. The second-order valence-electron chi connectivity index (χ2n) is 4.36. The molecule has 2 rings (SSSR count). The Balaban J connectivity index is 2.55. The summed E-state index contributed by atoms with van der Waals surface area (Å²) in [5.41, 5.74) is 5.38. The largest absolute Gasteiger partial charge is 0.385 e. The molecule has 2 N–H and O–H groups in total. The maximum absolute atomic E-state index is 13.8. The zero-order chi connectivity index (χ0) is 13.4. The Hall–Kier alpha value is -1.98. The van der Waals surface area contributed by atoms with E-state index in [0.717, 1.165) is 12.1 Å². The Bertz CT molecular complexity index is 508. The van der Waals surface area contributed by atoms with Gasteiger partial charge in [-0.3, -0.25) is 0 Å². The first-order valence-corrected chi connectivity index (χ1v) is 5.53. The standard InChI is InChI=1S/C12H13F2N3O/c1-6(2)17-10(11(15)16-12(17)18)9-7(13)4-3-5-8(9)14/h3-6,10H,1-2H3,(H2,15,16,18). The number of aliphatic imine (C=N–C) groups is 1. The third kappa shape index (κ3) is 1.83. The molecule has 4 nitrogen and oxygen atoms in total. The fraction of sp³-hybridized carbons (Fsp3) is 0.333. The van der Waals surface area contributed by atoms with Crippen LogP contribution in [0.2, 0.25) is 0 Å². The van der Waals surface area contributed by atoms with E-state index in [1.165, 1.54) is 11.0 Å². The summed E-state index contributed by atoms with van der Waals surface area (Å²) in [5, 5.41) is 0. The van der Waals surface area contributed by atoms with E-state index in [-0.39, 0.29) is 17.4 Å². The van der Waals surface area contributed by atoms with Crippen molar-refractivity contribution in [1.29, 1.82) is 0 Å². The number of carbonyl (C=O) groups is 1. The molecule has 1 aromatic carbocycles. The van der Waals surface area contributed by atoms with E-state index in [1.54, 1.807) is 13.8 Å². The molecule has 1 heterocycles. The minimum atomic E-state index is -0.973. The van der Waals surface area contributed by atoms with Gasteiger partial charge in [0.05, 0.1) is 5.56 Å². The van der Waals surface area contributed by atoms with E-state index in [2.05, 4.69) is 4.99 Å². The van der Waals surface area contributed by atoms with Crippen molar-refractivity contribution in [3.05, 3.63) is 35.4 Å². The summed E-state index contributed by atoms with van der Waals surface area (Å²) in [7, 11) is 0. The number of amides is 2. The number of hydrogen-bond acceptors (Lipinski definition) is 2. The third-order valence-electron chi connectivity index (χ3n) is 2.83. The number of amidine groups is 1. The lowest BCUT2D eigenvalue weighted by Crippen LogP contribution is -2.39. The topological polar surface area (TPSA) is 58.7 Å². The summed E-state index contributed by atoms with van der Waals surface area (Å²) in [6.45, 7) is 3.47. The average molecular weight is 253 g/mol. The summed E-state index contributed by atoms with van der Waals surface area (Å²) in [5.74, 6) is -1.56. The van der Waals surface area contributed by atoms with Crippen LogP contribution in [0, 0.1) is 11.6 Å². The Labute approximate surface area is 103 Å². The molecule has 0 saturated carbocycles. The molecule has 1 aliphatic heterocycles. The number of urea groups is 1. The van der Waals surface area contributed by atoms with Crippen LogP contribution in [0.4, 0.5) is 13.6 Å². The normalized spacial score (nSPS) is 19.6. The van der Waals surface area contributed by atoms with Gasteiger partial charge in [0.2, 0.25) is 0 Å².